The van der Waals surface area contributed by atoms with Crippen LogP contribution in [0.1, 0.15) is 5.56 Å². The van der Waals surface area contributed by atoms with Gasteiger partial charge in [-0.2, -0.15) is 4.98 Å². The molecule has 0 atom stereocenters. The van der Waals surface area contributed by atoms with Crippen molar-refractivity contribution in [1.82, 2.24) is 9.55 Å². The van der Waals surface area contributed by atoms with Gasteiger partial charge >= 0.3 is 5.69 Å². The van der Waals surface area contributed by atoms with Gasteiger partial charge in [-0.15, -0.1) is 0 Å². The summed E-state index contributed by atoms with van der Waals surface area (Å²) in [6, 6.07) is 24.7. The largest absolute Gasteiger partial charge is 0.350 e. The molecule has 0 unspecified atom stereocenters. The molecule has 0 spiro atoms. The van der Waals surface area contributed by atoms with Gasteiger partial charge in [0.1, 0.15) is 12.4 Å². The van der Waals surface area contributed by atoms with Crippen molar-refractivity contribution in [3.05, 3.63) is 94.9 Å². The molecule has 0 aliphatic heterocycles. The first kappa shape index (κ1) is 19.4. The molecule has 1 N–H and O–H groups in total. The second kappa shape index (κ2) is 8.21. The number of carbonyl (C=O) groups excluding carboxylic acids is 1. The molecule has 6 heteroatoms. The van der Waals surface area contributed by atoms with E-state index in [1.54, 1.807) is 0 Å². The second-order valence-electron chi connectivity index (χ2n) is 7.13. The third kappa shape index (κ3) is 3.93. The summed E-state index contributed by atoms with van der Waals surface area (Å²) in [5, 5.41) is 3.63. The highest BCUT2D eigenvalue weighted by molar-refractivity contribution is 5.94. The summed E-state index contributed by atoms with van der Waals surface area (Å²) >= 11 is 0. The Morgan fingerprint density at radius 3 is 2.37 bits per heavy atom. The fraction of sp³-hybridized carbons (Fsp3) is 0.125. The van der Waals surface area contributed by atoms with Crippen LogP contribution in [0.3, 0.4) is 0 Å². The topological polar surface area (TPSA) is 67.2 Å². The molecule has 1 aromatic heterocycles. The Labute approximate surface area is 174 Å². The maximum Gasteiger partial charge on any atom is 0.350 e. The van der Waals surface area contributed by atoms with E-state index in [0.717, 1.165) is 16.6 Å². The first-order chi connectivity index (χ1) is 14.5. The molecule has 4 aromatic rings. The number of rotatable bonds is 5. The van der Waals surface area contributed by atoms with Gasteiger partial charge in [0.15, 0.2) is 0 Å². The van der Waals surface area contributed by atoms with E-state index in [-0.39, 0.29) is 12.5 Å². The molecule has 0 aliphatic carbocycles. The van der Waals surface area contributed by atoms with Gasteiger partial charge in [0, 0.05) is 23.8 Å². The van der Waals surface area contributed by atoms with Crippen molar-refractivity contribution in [2.75, 3.05) is 17.3 Å². The third-order valence-corrected chi connectivity index (χ3v) is 4.97. The molecule has 0 bridgehead atoms. The maximum atomic E-state index is 12.9. The monoisotopic (exact) mass is 398 g/mol. The molecule has 0 saturated heterocycles. The smallest absolute Gasteiger partial charge is 0.329 e. The van der Waals surface area contributed by atoms with Crippen LogP contribution in [0, 0.1) is 6.92 Å². The summed E-state index contributed by atoms with van der Waals surface area (Å²) in [7, 11) is 1.87. The van der Waals surface area contributed by atoms with Crippen molar-refractivity contribution < 1.29 is 4.79 Å². The fourth-order valence-electron chi connectivity index (χ4n) is 3.38. The Morgan fingerprint density at radius 2 is 1.63 bits per heavy atom. The number of amides is 1. The Bertz CT molecular complexity index is 1250. The summed E-state index contributed by atoms with van der Waals surface area (Å²) in [4.78, 5) is 31.6. The zero-order valence-corrected chi connectivity index (χ0v) is 16.9. The molecule has 0 fully saturated rings. The molecular weight excluding hydrogens is 376 g/mol. The lowest BCUT2D eigenvalue weighted by molar-refractivity contribution is -0.116. The van der Waals surface area contributed by atoms with Gasteiger partial charge < -0.3 is 10.2 Å². The zero-order chi connectivity index (χ0) is 21.1. The summed E-state index contributed by atoms with van der Waals surface area (Å²) < 4.78 is 1.40. The Morgan fingerprint density at radius 1 is 0.967 bits per heavy atom. The first-order valence-corrected chi connectivity index (χ1v) is 9.68. The van der Waals surface area contributed by atoms with Gasteiger partial charge in [-0.1, -0.05) is 48.0 Å². The van der Waals surface area contributed by atoms with Crippen molar-refractivity contribution in [2.45, 2.75) is 13.5 Å². The van der Waals surface area contributed by atoms with Crippen molar-refractivity contribution in [3.8, 4) is 0 Å². The van der Waals surface area contributed by atoms with Crippen molar-refractivity contribution in [3.63, 3.8) is 0 Å². The number of anilines is 3. The number of para-hydroxylation sites is 2. The Kier molecular flexibility index (Phi) is 5.30. The van der Waals surface area contributed by atoms with Crippen molar-refractivity contribution in [1.29, 1.82) is 0 Å². The number of aromatic nitrogens is 2. The van der Waals surface area contributed by atoms with Gasteiger partial charge in [0.2, 0.25) is 5.91 Å². The molecule has 30 heavy (non-hydrogen) atoms. The molecule has 4 rings (SSSR count). The molecule has 0 radical (unpaired) electrons. The minimum absolute atomic E-state index is 0.116. The molecule has 150 valence electrons. The number of fused-ring (bicyclic) bond motifs is 1. The van der Waals surface area contributed by atoms with Crippen molar-refractivity contribution in [2.24, 2.45) is 0 Å². The average Bonchev–Trinajstić information content (AvgIpc) is 2.77. The normalized spacial score (nSPS) is 10.7. The van der Waals surface area contributed by atoms with Crippen LogP contribution in [0.2, 0.25) is 0 Å². The predicted molar refractivity (Wildman–Crippen MR) is 120 cm³/mol. The quantitative estimate of drug-likeness (QED) is 0.549. The number of aryl methyl sites for hydroxylation is 1. The minimum Gasteiger partial charge on any atom is -0.329 e. The second-order valence-corrected chi connectivity index (χ2v) is 7.13. The Balaban J connectivity index is 1.70. The van der Waals surface area contributed by atoms with Crippen LogP contribution in [-0.2, 0) is 11.3 Å². The zero-order valence-electron chi connectivity index (χ0n) is 16.9. The van der Waals surface area contributed by atoms with E-state index in [0.29, 0.717) is 17.0 Å². The molecule has 1 heterocycles. The molecule has 6 nitrogen and oxygen atoms in total. The maximum absolute atomic E-state index is 12.9. The number of carbonyl (C=O) groups is 1. The van der Waals surface area contributed by atoms with Crippen LogP contribution in [0.25, 0.3) is 10.9 Å². The van der Waals surface area contributed by atoms with E-state index < -0.39 is 5.69 Å². The van der Waals surface area contributed by atoms with E-state index in [4.69, 9.17) is 0 Å². The van der Waals surface area contributed by atoms with Crippen LogP contribution < -0.4 is 15.9 Å². The molecule has 1 amide bonds. The van der Waals surface area contributed by atoms with Gasteiger partial charge in [0.25, 0.3) is 0 Å². The number of hydrogen-bond acceptors (Lipinski definition) is 4. The van der Waals surface area contributed by atoms with Crippen LogP contribution in [0.15, 0.2) is 83.7 Å². The summed E-state index contributed by atoms with van der Waals surface area (Å²) in [6.07, 6.45) is 0. The predicted octanol–water partition coefficient (Wildman–Crippen LogP) is 4.11. The number of nitrogens with zero attached hydrogens (tertiary/aromatic N) is 3. The van der Waals surface area contributed by atoms with E-state index in [9.17, 15) is 9.59 Å². The SMILES string of the molecule is Cc1ccc(NC(=O)Cn2c(=O)nc(N(C)c3ccccc3)c3ccccc32)cc1. The van der Waals surface area contributed by atoms with E-state index in [1.807, 2.05) is 97.7 Å². The van der Waals surface area contributed by atoms with E-state index >= 15 is 0 Å². The summed E-state index contributed by atoms with van der Waals surface area (Å²) in [5.74, 6) is 0.272. The van der Waals surface area contributed by atoms with Gasteiger partial charge in [-0.05, 0) is 43.3 Å². The first-order valence-electron chi connectivity index (χ1n) is 9.68. The number of hydrogen-bond donors (Lipinski definition) is 1. The van der Waals surface area contributed by atoms with Crippen molar-refractivity contribution >= 4 is 34.0 Å². The van der Waals surface area contributed by atoms with Gasteiger partial charge in [0.05, 0.1) is 5.52 Å². The minimum atomic E-state index is -0.467. The van der Waals surface area contributed by atoms with E-state index in [1.165, 1.54) is 4.57 Å². The van der Waals surface area contributed by atoms with Gasteiger partial charge in [-0.3, -0.25) is 9.36 Å². The highest BCUT2D eigenvalue weighted by atomic mass is 16.2. The average molecular weight is 398 g/mol. The Hall–Kier alpha value is -3.93. The van der Waals surface area contributed by atoms with Crippen LogP contribution >= 0.6 is 0 Å². The standard InChI is InChI=1S/C24H22N4O2/c1-17-12-14-18(15-13-17)25-22(29)16-28-21-11-7-6-10-20(21)23(26-24(28)30)27(2)19-8-4-3-5-9-19/h3-15H,16H2,1-2H3,(H,25,29). The number of nitrogens with one attached hydrogen (secondary N) is 1. The highest BCUT2D eigenvalue weighted by Gasteiger charge is 2.16. The van der Waals surface area contributed by atoms with Crippen LogP contribution in [0.5, 0.6) is 0 Å². The lowest BCUT2D eigenvalue weighted by atomic mass is 10.2. The lowest BCUT2D eigenvalue weighted by Crippen LogP contribution is -2.31. The molecule has 0 aliphatic rings. The summed E-state index contributed by atoms with van der Waals surface area (Å²) in [6.45, 7) is 1.87. The number of benzene rings is 3. The summed E-state index contributed by atoms with van der Waals surface area (Å²) in [5.41, 5.74) is 2.91. The molecule has 3 aromatic carbocycles. The highest BCUT2D eigenvalue weighted by Crippen LogP contribution is 2.27. The van der Waals surface area contributed by atoms with Crippen LogP contribution in [-0.4, -0.2) is 22.5 Å². The third-order valence-electron chi connectivity index (χ3n) is 4.97. The molecular formula is C24H22N4O2. The lowest BCUT2D eigenvalue weighted by Gasteiger charge is -2.21. The fourth-order valence-corrected chi connectivity index (χ4v) is 3.38. The van der Waals surface area contributed by atoms with Crippen LogP contribution in [0.4, 0.5) is 17.2 Å². The van der Waals surface area contributed by atoms with E-state index in [2.05, 4.69) is 10.3 Å². The van der Waals surface area contributed by atoms with Gasteiger partial charge in [-0.25, -0.2) is 4.79 Å². The molecule has 0 saturated carbocycles.